The summed E-state index contributed by atoms with van der Waals surface area (Å²) in [6.45, 7) is 3.33. The van der Waals surface area contributed by atoms with Gasteiger partial charge in [-0.3, -0.25) is 9.78 Å². The van der Waals surface area contributed by atoms with Gasteiger partial charge in [0, 0.05) is 31.1 Å². The molecule has 1 aliphatic heterocycles. The lowest BCUT2D eigenvalue weighted by atomic mass is 10.2. The van der Waals surface area contributed by atoms with Crippen molar-refractivity contribution in [2.24, 2.45) is 0 Å². The SMILES string of the molecule is CCc1cc(C(=O)NC[C@@H]2CCCO2)nc2cc(-c3ccccn3)nn12. The molecule has 3 aromatic heterocycles. The number of carbonyl (C=O) groups excluding carboxylic acids is 1. The van der Waals surface area contributed by atoms with Crippen LogP contribution in [0.15, 0.2) is 36.5 Å². The number of aryl methyl sites for hydroxylation is 1. The molecule has 1 saturated heterocycles. The van der Waals surface area contributed by atoms with Crippen LogP contribution in [0.3, 0.4) is 0 Å². The second-order valence-corrected chi connectivity index (χ2v) is 6.35. The average Bonchev–Trinajstić information content (AvgIpc) is 3.35. The van der Waals surface area contributed by atoms with Gasteiger partial charge in [0.2, 0.25) is 0 Å². The van der Waals surface area contributed by atoms with Gasteiger partial charge >= 0.3 is 0 Å². The summed E-state index contributed by atoms with van der Waals surface area (Å²) in [6, 6.07) is 9.35. The van der Waals surface area contributed by atoms with Crippen LogP contribution in [0.5, 0.6) is 0 Å². The monoisotopic (exact) mass is 351 g/mol. The van der Waals surface area contributed by atoms with Gasteiger partial charge in [0.15, 0.2) is 5.65 Å². The number of fused-ring (bicyclic) bond motifs is 1. The van der Waals surface area contributed by atoms with E-state index in [9.17, 15) is 4.79 Å². The molecule has 7 heteroatoms. The van der Waals surface area contributed by atoms with Gasteiger partial charge in [-0.15, -0.1) is 0 Å². The second-order valence-electron chi connectivity index (χ2n) is 6.35. The molecule has 1 aliphatic rings. The highest BCUT2D eigenvalue weighted by Crippen LogP contribution is 2.18. The molecule has 1 fully saturated rings. The molecule has 1 N–H and O–H groups in total. The lowest BCUT2D eigenvalue weighted by Crippen LogP contribution is -2.32. The Labute approximate surface area is 151 Å². The number of rotatable bonds is 5. The molecule has 0 spiro atoms. The number of nitrogens with one attached hydrogen (secondary N) is 1. The van der Waals surface area contributed by atoms with Gasteiger partial charge < -0.3 is 10.1 Å². The van der Waals surface area contributed by atoms with Gasteiger partial charge in [0.05, 0.1) is 11.8 Å². The second kappa shape index (κ2) is 7.21. The van der Waals surface area contributed by atoms with Crippen LogP contribution in [-0.4, -0.2) is 44.7 Å². The number of nitrogens with zero attached hydrogens (tertiary/aromatic N) is 4. The summed E-state index contributed by atoms with van der Waals surface area (Å²) >= 11 is 0. The van der Waals surface area contributed by atoms with Crippen molar-refractivity contribution in [2.75, 3.05) is 13.2 Å². The number of aromatic nitrogens is 4. The van der Waals surface area contributed by atoms with Crippen molar-refractivity contribution in [2.45, 2.75) is 32.3 Å². The van der Waals surface area contributed by atoms with Crippen LogP contribution in [0.4, 0.5) is 0 Å². The lowest BCUT2D eigenvalue weighted by Gasteiger charge is -2.11. The molecule has 1 atom stereocenters. The summed E-state index contributed by atoms with van der Waals surface area (Å²) in [6.07, 6.45) is 4.63. The van der Waals surface area contributed by atoms with Gasteiger partial charge in [-0.25, -0.2) is 9.50 Å². The quantitative estimate of drug-likeness (QED) is 0.762. The first-order valence-electron chi connectivity index (χ1n) is 8.95. The summed E-state index contributed by atoms with van der Waals surface area (Å²) in [4.78, 5) is 21.3. The molecule has 7 nitrogen and oxygen atoms in total. The highest BCUT2D eigenvalue weighted by atomic mass is 16.5. The van der Waals surface area contributed by atoms with Gasteiger partial charge in [-0.05, 0) is 37.5 Å². The molecule has 0 saturated carbocycles. The van der Waals surface area contributed by atoms with Crippen LogP contribution in [0, 0.1) is 0 Å². The highest BCUT2D eigenvalue weighted by Gasteiger charge is 2.18. The van der Waals surface area contributed by atoms with E-state index in [1.165, 1.54) is 0 Å². The third-order valence-corrected chi connectivity index (χ3v) is 4.54. The first-order chi connectivity index (χ1) is 12.7. The molecular weight excluding hydrogens is 330 g/mol. The van der Waals surface area contributed by atoms with Crippen molar-refractivity contribution < 1.29 is 9.53 Å². The minimum atomic E-state index is -0.182. The Morgan fingerprint density at radius 2 is 2.27 bits per heavy atom. The summed E-state index contributed by atoms with van der Waals surface area (Å²) < 4.78 is 7.33. The molecule has 1 amide bonds. The first-order valence-corrected chi connectivity index (χ1v) is 8.95. The summed E-state index contributed by atoms with van der Waals surface area (Å²) in [5, 5.41) is 7.53. The van der Waals surface area contributed by atoms with Crippen LogP contribution in [-0.2, 0) is 11.2 Å². The van der Waals surface area contributed by atoms with Crippen LogP contribution in [0.25, 0.3) is 17.0 Å². The maximum Gasteiger partial charge on any atom is 0.270 e. The molecule has 3 aromatic rings. The molecular formula is C19H21N5O2. The Morgan fingerprint density at radius 3 is 3.00 bits per heavy atom. The molecule has 4 rings (SSSR count). The van der Waals surface area contributed by atoms with E-state index < -0.39 is 0 Å². The Kier molecular flexibility index (Phi) is 4.62. The van der Waals surface area contributed by atoms with Crippen molar-refractivity contribution >= 4 is 11.6 Å². The Balaban J connectivity index is 1.62. The van der Waals surface area contributed by atoms with Crippen LogP contribution < -0.4 is 5.32 Å². The van der Waals surface area contributed by atoms with Crippen molar-refractivity contribution in [1.82, 2.24) is 24.9 Å². The maximum atomic E-state index is 12.5. The Morgan fingerprint density at radius 1 is 1.35 bits per heavy atom. The standard InChI is InChI=1S/C19H21N5O2/c1-2-13-10-17(19(25)21-12-14-6-5-9-26-14)22-18-11-16(23-24(13)18)15-7-3-4-8-20-15/h3-4,7-8,10-11,14H,2,5-6,9,12H2,1H3,(H,21,25)/t14-/m0/s1. The fourth-order valence-corrected chi connectivity index (χ4v) is 3.15. The van der Waals surface area contributed by atoms with E-state index in [0.29, 0.717) is 17.9 Å². The van der Waals surface area contributed by atoms with E-state index in [0.717, 1.165) is 43.0 Å². The third kappa shape index (κ3) is 3.30. The zero-order valence-corrected chi connectivity index (χ0v) is 14.7. The highest BCUT2D eigenvalue weighted by molar-refractivity contribution is 5.93. The smallest absolute Gasteiger partial charge is 0.270 e. The fourth-order valence-electron chi connectivity index (χ4n) is 3.15. The van der Waals surface area contributed by atoms with Crippen molar-refractivity contribution in [3.05, 3.63) is 47.9 Å². The Bertz CT molecular complexity index is 916. The predicted molar refractivity (Wildman–Crippen MR) is 96.9 cm³/mol. The number of hydrogen-bond acceptors (Lipinski definition) is 5. The molecule has 0 aliphatic carbocycles. The number of pyridine rings is 1. The predicted octanol–water partition coefficient (Wildman–Crippen LogP) is 2.26. The fraction of sp³-hybridized carbons (Fsp3) is 0.368. The van der Waals surface area contributed by atoms with Gasteiger partial charge in [0.1, 0.15) is 11.4 Å². The summed E-state index contributed by atoms with van der Waals surface area (Å²) in [5.41, 5.74) is 3.50. The van der Waals surface area contributed by atoms with E-state index in [1.807, 2.05) is 31.2 Å². The van der Waals surface area contributed by atoms with E-state index in [-0.39, 0.29) is 12.0 Å². The number of hydrogen-bond donors (Lipinski definition) is 1. The summed E-state index contributed by atoms with van der Waals surface area (Å²) in [7, 11) is 0. The van der Waals surface area contributed by atoms with Crippen LogP contribution >= 0.6 is 0 Å². The zero-order chi connectivity index (χ0) is 17.9. The molecule has 134 valence electrons. The molecule has 4 heterocycles. The summed E-state index contributed by atoms with van der Waals surface area (Å²) in [5.74, 6) is -0.182. The van der Waals surface area contributed by atoms with Crippen molar-refractivity contribution in [3.63, 3.8) is 0 Å². The normalized spacial score (nSPS) is 16.9. The number of amides is 1. The maximum absolute atomic E-state index is 12.5. The van der Waals surface area contributed by atoms with E-state index in [1.54, 1.807) is 16.8 Å². The molecule has 0 bridgehead atoms. The van der Waals surface area contributed by atoms with Gasteiger partial charge in [-0.1, -0.05) is 13.0 Å². The molecule has 26 heavy (non-hydrogen) atoms. The lowest BCUT2D eigenvalue weighted by molar-refractivity contribution is 0.0853. The number of ether oxygens (including phenoxy) is 1. The van der Waals surface area contributed by atoms with Gasteiger partial charge in [-0.2, -0.15) is 5.10 Å². The minimum absolute atomic E-state index is 0.110. The van der Waals surface area contributed by atoms with E-state index >= 15 is 0 Å². The zero-order valence-electron chi connectivity index (χ0n) is 14.7. The van der Waals surface area contributed by atoms with Gasteiger partial charge in [0.25, 0.3) is 5.91 Å². The van der Waals surface area contributed by atoms with E-state index in [2.05, 4.69) is 20.4 Å². The van der Waals surface area contributed by atoms with E-state index in [4.69, 9.17) is 4.74 Å². The molecule has 0 radical (unpaired) electrons. The third-order valence-electron chi connectivity index (χ3n) is 4.54. The number of carbonyl (C=O) groups is 1. The molecule has 0 unspecified atom stereocenters. The van der Waals surface area contributed by atoms with Crippen molar-refractivity contribution in [3.8, 4) is 11.4 Å². The van der Waals surface area contributed by atoms with Crippen LogP contribution in [0.2, 0.25) is 0 Å². The van der Waals surface area contributed by atoms with Crippen molar-refractivity contribution in [1.29, 1.82) is 0 Å². The van der Waals surface area contributed by atoms with Crippen LogP contribution in [0.1, 0.15) is 35.9 Å². The topological polar surface area (TPSA) is 81.4 Å². The largest absolute Gasteiger partial charge is 0.376 e. The minimum Gasteiger partial charge on any atom is -0.376 e. The average molecular weight is 351 g/mol. The first kappa shape index (κ1) is 16.7. The Hall–Kier alpha value is -2.80. The molecule has 0 aromatic carbocycles.